The molecule has 1 saturated carbocycles. The third kappa shape index (κ3) is 4.53. The maximum atomic E-state index is 11.8. The van der Waals surface area contributed by atoms with E-state index < -0.39 is 0 Å². The van der Waals surface area contributed by atoms with Crippen LogP contribution >= 0.6 is 35.6 Å². The summed E-state index contributed by atoms with van der Waals surface area (Å²) in [5.74, 6) is -0.0369. The molecule has 0 aromatic heterocycles. The van der Waals surface area contributed by atoms with Crippen LogP contribution in [0.25, 0.3) is 0 Å². The molecule has 0 spiro atoms. The number of halogens is 3. The number of nitrogens with one attached hydrogen (secondary N) is 1. The van der Waals surface area contributed by atoms with Gasteiger partial charge in [-0.05, 0) is 37.0 Å². The monoisotopic (exact) mass is 322 g/mol. The summed E-state index contributed by atoms with van der Waals surface area (Å²) in [7, 11) is 0. The lowest BCUT2D eigenvalue weighted by molar-refractivity contribution is -0.120. The molecule has 1 fully saturated rings. The van der Waals surface area contributed by atoms with Crippen molar-refractivity contribution in [3.63, 3.8) is 0 Å². The third-order valence-corrected chi connectivity index (χ3v) is 4.07. The number of hydrogen-bond donors (Lipinski definition) is 2. The predicted octanol–water partition coefficient (Wildman–Crippen LogP) is 2.96. The molecular weight excluding hydrogens is 307 g/mol. The first-order valence-electron chi connectivity index (χ1n) is 5.98. The lowest BCUT2D eigenvalue weighted by atomic mass is 9.78. The van der Waals surface area contributed by atoms with E-state index in [-0.39, 0.29) is 23.9 Å². The first kappa shape index (κ1) is 16.6. The van der Waals surface area contributed by atoms with Crippen molar-refractivity contribution in [3.8, 4) is 0 Å². The summed E-state index contributed by atoms with van der Waals surface area (Å²) in [5, 5.41) is 3.83. The molecule has 0 atom stereocenters. The summed E-state index contributed by atoms with van der Waals surface area (Å²) in [4.78, 5) is 11.8. The molecule has 1 aromatic rings. The zero-order valence-corrected chi connectivity index (χ0v) is 12.7. The minimum Gasteiger partial charge on any atom is -0.354 e. The third-order valence-electron chi connectivity index (χ3n) is 3.34. The second-order valence-electron chi connectivity index (χ2n) is 4.92. The molecule has 19 heavy (non-hydrogen) atoms. The Morgan fingerprint density at radius 3 is 2.53 bits per heavy atom. The molecule has 1 aliphatic carbocycles. The van der Waals surface area contributed by atoms with E-state index >= 15 is 0 Å². The van der Waals surface area contributed by atoms with E-state index in [2.05, 4.69) is 5.32 Å². The molecule has 3 N–H and O–H groups in total. The Labute approximate surface area is 129 Å². The van der Waals surface area contributed by atoms with Gasteiger partial charge in [0.2, 0.25) is 5.91 Å². The summed E-state index contributed by atoms with van der Waals surface area (Å²) < 4.78 is 0. The Balaban J connectivity index is 0.00000180. The number of amides is 1. The molecule has 0 heterocycles. The second kappa shape index (κ2) is 6.80. The maximum absolute atomic E-state index is 11.8. The van der Waals surface area contributed by atoms with Gasteiger partial charge in [-0.3, -0.25) is 4.79 Å². The van der Waals surface area contributed by atoms with Crippen LogP contribution in [0.15, 0.2) is 18.2 Å². The fourth-order valence-corrected chi connectivity index (χ4v) is 2.30. The molecule has 1 amide bonds. The van der Waals surface area contributed by atoms with Crippen LogP contribution in [-0.2, 0) is 11.2 Å². The zero-order chi connectivity index (χ0) is 13.2. The van der Waals surface area contributed by atoms with Gasteiger partial charge in [0, 0.05) is 12.1 Å². The number of rotatable bonds is 4. The molecule has 0 radical (unpaired) electrons. The zero-order valence-electron chi connectivity index (χ0n) is 10.4. The van der Waals surface area contributed by atoms with Gasteiger partial charge in [0.15, 0.2) is 0 Å². The van der Waals surface area contributed by atoms with Gasteiger partial charge < -0.3 is 11.1 Å². The summed E-state index contributed by atoms with van der Waals surface area (Å²) >= 11 is 11.7. The molecule has 2 rings (SSSR count). The van der Waals surface area contributed by atoms with Crippen molar-refractivity contribution in [2.24, 2.45) is 5.73 Å². The van der Waals surface area contributed by atoms with Crippen LogP contribution in [0.1, 0.15) is 24.8 Å². The van der Waals surface area contributed by atoms with E-state index in [0.29, 0.717) is 23.0 Å². The maximum Gasteiger partial charge on any atom is 0.224 e. The van der Waals surface area contributed by atoms with Crippen LogP contribution in [-0.4, -0.2) is 18.0 Å². The van der Waals surface area contributed by atoms with Crippen molar-refractivity contribution < 1.29 is 4.79 Å². The Morgan fingerprint density at radius 1 is 1.32 bits per heavy atom. The largest absolute Gasteiger partial charge is 0.354 e. The highest BCUT2D eigenvalue weighted by Crippen LogP contribution is 2.28. The van der Waals surface area contributed by atoms with Gasteiger partial charge in [0.1, 0.15) is 0 Å². The molecule has 3 nitrogen and oxygen atoms in total. The standard InChI is InChI=1S/C13H16Cl2N2O.ClH/c14-10-3-2-9(6-11(10)15)7-12(18)17-8-13(16)4-1-5-13;/h2-3,6H,1,4-5,7-8,16H2,(H,17,18);1H. The topological polar surface area (TPSA) is 55.1 Å². The van der Waals surface area contributed by atoms with E-state index in [9.17, 15) is 4.79 Å². The van der Waals surface area contributed by atoms with Crippen LogP contribution in [0.2, 0.25) is 10.0 Å². The summed E-state index contributed by atoms with van der Waals surface area (Å²) in [6.07, 6.45) is 3.42. The average Bonchev–Trinajstić information content (AvgIpc) is 2.29. The van der Waals surface area contributed by atoms with Crippen molar-refractivity contribution in [1.29, 1.82) is 0 Å². The van der Waals surface area contributed by atoms with Gasteiger partial charge in [-0.2, -0.15) is 0 Å². The molecule has 0 aliphatic heterocycles. The highest BCUT2D eigenvalue weighted by atomic mass is 35.5. The normalized spacial score (nSPS) is 16.2. The Hall–Kier alpha value is -0.480. The van der Waals surface area contributed by atoms with Crippen molar-refractivity contribution in [2.75, 3.05) is 6.54 Å². The number of nitrogens with two attached hydrogens (primary N) is 1. The Morgan fingerprint density at radius 2 is 2.00 bits per heavy atom. The van der Waals surface area contributed by atoms with Gasteiger partial charge >= 0.3 is 0 Å². The Bertz CT molecular complexity index is 461. The van der Waals surface area contributed by atoms with Crippen molar-refractivity contribution >= 4 is 41.5 Å². The molecular formula is C13H17Cl3N2O. The SMILES string of the molecule is Cl.NC1(CNC(=O)Cc2ccc(Cl)c(Cl)c2)CCC1. The number of benzene rings is 1. The molecule has 106 valence electrons. The summed E-state index contributed by atoms with van der Waals surface area (Å²) in [6.45, 7) is 0.549. The van der Waals surface area contributed by atoms with E-state index in [1.807, 2.05) is 0 Å². The first-order chi connectivity index (χ1) is 8.48. The van der Waals surface area contributed by atoms with Gasteiger partial charge in [0.25, 0.3) is 0 Å². The van der Waals surface area contributed by atoms with Crippen LogP contribution in [0.4, 0.5) is 0 Å². The highest BCUT2D eigenvalue weighted by Gasteiger charge is 2.32. The first-order valence-corrected chi connectivity index (χ1v) is 6.74. The molecule has 1 aliphatic rings. The van der Waals surface area contributed by atoms with Crippen LogP contribution in [0, 0.1) is 0 Å². The fraction of sp³-hybridized carbons (Fsp3) is 0.462. The molecule has 0 unspecified atom stereocenters. The molecule has 6 heteroatoms. The van der Waals surface area contributed by atoms with Crippen molar-refractivity contribution in [3.05, 3.63) is 33.8 Å². The molecule has 0 bridgehead atoms. The fourth-order valence-electron chi connectivity index (χ4n) is 1.98. The van der Waals surface area contributed by atoms with E-state index in [0.717, 1.165) is 24.8 Å². The van der Waals surface area contributed by atoms with Gasteiger partial charge in [0.05, 0.1) is 16.5 Å². The smallest absolute Gasteiger partial charge is 0.224 e. The Kier molecular flexibility index (Phi) is 5.93. The minimum atomic E-state index is -0.187. The molecule has 0 saturated heterocycles. The van der Waals surface area contributed by atoms with E-state index in [1.165, 1.54) is 0 Å². The molecule has 1 aromatic carbocycles. The summed E-state index contributed by atoms with van der Waals surface area (Å²) in [5.41, 5.74) is 6.70. The van der Waals surface area contributed by atoms with Crippen LogP contribution in [0.3, 0.4) is 0 Å². The minimum absolute atomic E-state index is 0. The van der Waals surface area contributed by atoms with Gasteiger partial charge in [-0.25, -0.2) is 0 Å². The van der Waals surface area contributed by atoms with Crippen molar-refractivity contribution in [2.45, 2.75) is 31.2 Å². The van der Waals surface area contributed by atoms with E-state index in [1.54, 1.807) is 18.2 Å². The van der Waals surface area contributed by atoms with Crippen LogP contribution < -0.4 is 11.1 Å². The van der Waals surface area contributed by atoms with Crippen molar-refractivity contribution in [1.82, 2.24) is 5.32 Å². The predicted molar refractivity (Wildman–Crippen MR) is 81.2 cm³/mol. The number of carbonyl (C=O) groups is 1. The van der Waals surface area contributed by atoms with E-state index in [4.69, 9.17) is 28.9 Å². The summed E-state index contributed by atoms with van der Waals surface area (Å²) in [6, 6.07) is 5.21. The lowest BCUT2D eigenvalue weighted by Crippen LogP contribution is -2.55. The average molecular weight is 324 g/mol. The van der Waals surface area contributed by atoms with Gasteiger partial charge in [-0.1, -0.05) is 29.3 Å². The number of carbonyl (C=O) groups excluding carboxylic acids is 1. The number of hydrogen-bond acceptors (Lipinski definition) is 2. The second-order valence-corrected chi connectivity index (χ2v) is 5.73. The van der Waals surface area contributed by atoms with Gasteiger partial charge in [-0.15, -0.1) is 12.4 Å². The highest BCUT2D eigenvalue weighted by molar-refractivity contribution is 6.42. The van der Waals surface area contributed by atoms with Crippen LogP contribution in [0.5, 0.6) is 0 Å². The lowest BCUT2D eigenvalue weighted by Gasteiger charge is -2.38. The quantitative estimate of drug-likeness (QED) is 0.895.